The molecule has 138 valence electrons. The highest BCUT2D eigenvalue weighted by Gasteiger charge is 2.20. The second kappa shape index (κ2) is 7.16. The third-order valence-corrected chi connectivity index (χ3v) is 4.82. The van der Waals surface area contributed by atoms with Gasteiger partial charge in [0, 0.05) is 55.4 Å². The topological polar surface area (TPSA) is 110 Å². The van der Waals surface area contributed by atoms with E-state index in [2.05, 4.69) is 55.0 Å². The van der Waals surface area contributed by atoms with Gasteiger partial charge in [-0.2, -0.15) is 0 Å². The van der Waals surface area contributed by atoms with Gasteiger partial charge in [0.25, 0.3) is 0 Å². The summed E-state index contributed by atoms with van der Waals surface area (Å²) in [6, 6.07) is 6.26. The first-order chi connectivity index (χ1) is 13.1. The van der Waals surface area contributed by atoms with Crippen molar-refractivity contribution in [2.75, 3.05) is 49.6 Å². The SMILES string of the molecule is CN1CCN(c2ccc(-c3cncnc3)cc2-c2ncc(N)c(N)n2)CC1. The molecule has 0 aliphatic carbocycles. The molecule has 1 aliphatic heterocycles. The van der Waals surface area contributed by atoms with Gasteiger partial charge in [-0.1, -0.05) is 6.07 Å². The van der Waals surface area contributed by atoms with Crippen molar-refractivity contribution < 1.29 is 0 Å². The summed E-state index contributed by atoms with van der Waals surface area (Å²) < 4.78 is 0. The molecule has 0 radical (unpaired) electrons. The molecule has 0 unspecified atom stereocenters. The molecule has 0 bridgehead atoms. The lowest BCUT2D eigenvalue weighted by Gasteiger charge is -2.35. The van der Waals surface area contributed by atoms with Crippen molar-refractivity contribution in [1.82, 2.24) is 24.8 Å². The van der Waals surface area contributed by atoms with Crippen LogP contribution in [0, 0.1) is 0 Å². The third-order valence-electron chi connectivity index (χ3n) is 4.82. The first kappa shape index (κ1) is 17.2. The Morgan fingerprint density at radius 1 is 0.926 bits per heavy atom. The summed E-state index contributed by atoms with van der Waals surface area (Å²) in [5, 5.41) is 0. The average Bonchev–Trinajstić information content (AvgIpc) is 2.71. The van der Waals surface area contributed by atoms with Crippen LogP contribution in [0.2, 0.25) is 0 Å². The molecule has 1 aliphatic rings. The number of benzene rings is 1. The second-order valence-electron chi connectivity index (χ2n) is 6.68. The number of hydrogen-bond acceptors (Lipinski definition) is 8. The molecule has 3 aromatic rings. The smallest absolute Gasteiger partial charge is 0.163 e. The first-order valence-corrected chi connectivity index (χ1v) is 8.83. The maximum Gasteiger partial charge on any atom is 0.163 e. The molecule has 1 fully saturated rings. The maximum absolute atomic E-state index is 5.94. The van der Waals surface area contributed by atoms with Crippen LogP contribution in [-0.2, 0) is 0 Å². The zero-order valence-corrected chi connectivity index (χ0v) is 15.2. The lowest BCUT2D eigenvalue weighted by molar-refractivity contribution is 0.313. The lowest BCUT2D eigenvalue weighted by atomic mass is 10.0. The number of nitrogens with two attached hydrogens (primary N) is 2. The summed E-state index contributed by atoms with van der Waals surface area (Å²) in [5.74, 6) is 0.854. The van der Waals surface area contributed by atoms with Crippen molar-refractivity contribution in [1.29, 1.82) is 0 Å². The van der Waals surface area contributed by atoms with E-state index in [9.17, 15) is 0 Å². The molecule has 0 saturated carbocycles. The Labute approximate surface area is 157 Å². The van der Waals surface area contributed by atoms with Crippen LogP contribution in [0.4, 0.5) is 17.2 Å². The fraction of sp³-hybridized carbons (Fsp3) is 0.263. The summed E-state index contributed by atoms with van der Waals surface area (Å²) in [4.78, 5) is 21.8. The molecule has 4 rings (SSSR count). The highest BCUT2D eigenvalue weighted by molar-refractivity contribution is 5.81. The lowest BCUT2D eigenvalue weighted by Crippen LogP contribution is -2.44. The fourth-order valence-corrected chi connectivity index (χ4v) is 3.20. The van der Waals surface area contributed by atoms with E-state index in [1.54, 1.807) is 18.6 Å². The summed E-state index contributed by atoms with van der Waals surface area (Å²) in [6.07, 6.45) is 6.66. The standard InChI is InChI=1S/C19H22N8/c1-26-4-6-27(7-5-26)17-3-2-13(14-9-22-12-23-10-14)8-15(17)19-24-11-16(20)18(21)25-19/h2-3,8-12H,4-7,20H2,1H3,(H2,21,24,25). The number of likely N-dealkylation sites (N-methyl/N-ethyl adjacent to an activating group) is 1. The number of piperazine rings is 1. The molecular formula is C19H22N8. The van der Waals surface area contributed by atoms with Gasteiger partial charge >= 0.3 is 0 Å². The normalized spacial score (nSPS) is 15.1. The molecule has 8 heteroatoms. The molecule has 1 aromatic carbocycles. The van der Waals surface area contributed by atoms with Crippen LogP contribution in [0.25, 0.3) is 22.5 Å². The van der Waals surface area contributed by atoms with Crippen LogP contribution in [0.3, 0.4) is 0 Å². The monoisotopic (exact) mass is 362 g/mol. The molecule has 0 amide bonds. The summed E-state index contributed by atoms with van der Waals surface area (Å²) in [7, 11) is 2.14. The minimum absolute atomic E-state index is 0.290. The van der Waals surface area contributed by atoms with Gasteiger partial charge in [0.05, 0.1) is 11.9 Å². The van der Waals surface area contributed by atoms with Crippen LogP contribution in [0.5, 0.6) is 0 Å². The summed E-state index contributed by atoms with van der Waals surface area (Å²) in [5.41, 5.74) is 16.1. The van der Waals surface area contributed by atoms with Crippen molar-refractivity contribution in [3.05, 3.63) is 43.1 Å². The minimum atomic E-state index is 0.290. The number of nitrogens with zero attached hydrogens (tertiary/aromatic N) is 6. The predicted octanol–water partition coefficient (Wildman–Crippen LogP) is 1.52. The van der Waals surface area contributed by atoms with Gasteiger partial charge in [-0.25, -0.2) is 19.9 Å². The average molecular weight is 362 g/mol. The molecule has 0 spiro atoms. The zero-order chi connectivity index (χ0) is 18.8. The highest BCUT2D eigenvalue weighted by atomic mass is 15.2. The van der Waals surface area contributed by atoms with Crippen LogP contribution in [0.15, 0.2) is 43.1 Å². The van der Waals surface area contributed by atoms with Crippen LogP contribution in [-0.4, -0.2) is 58.1 Å². The van der Waals surface area contributed by atoms with E-state index in [0.29, 0.717) is 11.5 Å². The number of nitrogen functional groups attached to an aromatic ring is 2. The Morgan fingerprint density at radius 3 is 2.37 bits per heavy atom. The zero-order valence-electron chi connectivity index (χ0n) is 15.2. The molecule has 2 aromatic heterocycles. The van der Waals surface area contributed by atoms with E-state index in [1.807, 2.05) is 0 Å². The Morgan fingerprint density at radius 2 is 1.67 bits per heavy atom. The van der Waals surface area contributed by atoms with Crippen molar-refractivity contribution in [3.8, 4) is 22.5 Å². The number of hydrogen-bond donors (Lipinski definition) is 2. The number of rotatable bonds is 3. The predicted molar refractivity (Wildman–Crippen MR) is 107 cm³/mol. The van der Waals surface area contributed by atoms with Crippen LogP contribution >= 0.6 is 0 Å². The molecule has 27 heavy (non-hydrogen) atoms. The van der Waals surface area contributed by atoms with Crippen molar-refractivity contribution >= 4 is 17.2 Å². The molecular weight excluding hydrogens is 340 g/mol. The summed E-state index contributed by atoms with van der Waals surface area (Å²) in [6.45, 7) is 3.92. The van der Waals surface area contributed by atoms with E-state index in [-0.39, 0.29) is 5.82 Å². The van der Waals surface area contributed by atoms with Gasteiger partial charge in [-0.3, -0.25) is 0 Å². The maximum atomic E-state index is 5.94. The van der Waals surface area contributed by atoms with Gasteiger partial charge in [0.15, 0.2) is 11.6 Å². The Kier molecular flexibility index (Phi) is 4.55. The Bertz CT molecular complexity index is 936. The molecule has 4 N–H and O–H groups in total. The molecule has 0 atom stereocenters. The van der Waals surface area contributed by atoms with Crippen molar-refractivity contribution in [2.45, 2.75) is 0 Å². The molecule has 8 nitrogen and oxygen atoms in total. The van der Waals surface area contributed by atoms with E-state index < -0.39 is 0 Å². The third kappa shape index (κ3) is 3.52. The molecule has 1 saturated heterocycles. The highest BCUT2D eigenvalue weighted by Crippen LogP contribution is 2.34. The van der Waals surface area contributed by atoms with E-state index in [1.165, 1.54) is 6.33 Å². The van der Waals surface area contributed by atoms with Gasteiger partial charge < -0.3 is 21.3 Å². The van der Waals surface area contributed by atoms with Gasteiger partial charge in [0.2, 0.25) is 0 Å². The Hall–Kier alpha value is -3.26. The minimum Gasteiger partial charge on any atom is -0.394 e. The number of anilines is 3. The van der Waals surface area contributed by atoms with Gasteiger partial charge in [-0.05, 0) is 24.7 Å². The largest absolute Gasteiger partial charge is 0.394 e. The van der Waals surface area contributed by atoms with Crippen molar-refractivity contribution in [3.63, 3.8) is 0 Å². The van der Waals surface area contributed by atoms with Crippen LogP contribution in [0.1, 0.15) is 0 Å². The van der Waals surface area contributed by atoms with E-state index in [0.717, 1.165) is 48.6 Å². The van der Waals surface area contributed by atoms with Gasteiger partial charge in [-0.15, -0.1) is 0 Å². The van der Waals surface area contributed by atoms with Gasteiger partial charge in [0.1, 0.15) is 6.33 Å². The first-order valence-electron chi connectivity index (χ1n) is 8.83. The van der Waals surface area contributed by atoms with Crippen molar-refractivity contribution in [2.24, 2.45) is 0 Å². The molecule has 3 heterocycles. The fourth-order valence-electron chi connectivity index (χ4n) is 3.20. The Balaban J connectivity index is 1.81. The summed E-state index contributed by atoms with van der Waals surface area (Å²) >= 11 is 0. The second-order valence-corrected chi connectivity index (χ2v) is 6.68. The van der Waals surface area contributed by atoms with E-state index in [4.69, 9.17) is 11.5 Å². The van der Waals surface area contributed by atoms with Crippen LogP contribution < -0.4 is 16.4 Å². The number of aromatic nitrogens is 4. The quantitative estimate of drug-likeness (QED) is 0.721. The van der Waals surface area contributed by atoms with E-state index >= 15 is 0 Å².